The molecule has 0 aromatic rings. The molecule has 1 rings (SSSR count). The predicted octanol–water partition coefficient (Wildman–Crippen LogP) is -1.26. The molecule has 0 N–H and O–H groups in total. The Morgan fingerprint density at radius 3 is 1.92 bits per heavy atom. The largest absolute Gasteiger partial charge is 0.403 e. The van der Waals surface area contributed by atoms with Crippen LogP contribution in [-0.2, 0) is 0 Å². The molecule has 0 spiro atoms. The molecule has 0 aromatic heterocycles. The highest BCUT2D eigenvalue weighted by molar-refractivity contribution is 4.79. The zero-order chi connectivity index (χ0) is 10.2. The molecule has 0 aliphatic carbocycles. The van der Waals surface area contributed by atoms with Gasteiger partial charge in [0.25, 0.3) is 0 Å². The fraction of sp³-hybridized carbons (Fsp3) is 1.00. The fourth-order valence-electron chi connectivity index (χ4n) is 1.04. The van der Waals surface area contributed by atoms with Gasteiger partial charge in [0.05, 0.1) is 4.92 Å². The van der Waals surface area contributed by atoms with E-state index in [9.17, 15) is 30.3 Å². The number of hydrogen-bond donors (Lipinski definition) is 0. The quantitative estimate of drug-likeness (QED) is 0.402. The number of rotatable bonds is 3. The van der Waals surface area contributed by atoms with Gasteiger partial charge in [0.1, 0.15) is 0 Å². The first kappa shape index (κ1) is 9.09. The topological polar surface area (TPSA) is 133 Å². The highest BCUT2D eigenvalue weighted by atomic mass is 16.7. The maximum atomic E-state index is 10.2. The second-order valence-corrected chi connectivity index (χ2v) is 2.41. The molecule has 0 saturated carbocycles. The molecule has 2 atom stereocenters. The average molecular weight is 192 g/mol. The number of nitrogens with zero attached hydrogens (tertiary/aromatic N) is 4. The Morgan fingerprint density at radius 2 is 1.62 bits per heavy atom. The molecular weight excluding hydrogens is 188 g/mol. The molecule has 0 radical (unpaired) electrons. The van der Waals surface area contributed by atoms with Crippen LogP contribution in [0, 0.1) is 30.3 Å². The van der Waals surface area contributed by atoms with Gasteiger partial charge in [0, 0.05) is 4.92 Å². The minimum absolute atomic E-state index is 0.230. The molecule has 0 amide bonds. The van der Waals surface area contributed by atoms with E-state index in [0.717, 1.165) is 0 Å². The van der Waals surface area contributed by atoms with Gasteiger partial charge in [-0.2, -0.15) is 0 Å². The van der Waals surface area contributed by atoms with E-state index < -0.39 is 33.6 Å². The van der Waals surface area contributed by atoms with Crippen molar-refractivity contribution in [1.29, 1.82) is 0 Å². The monoisotopic (exact) mass is 192 g/mol. The zero-order valence-electron chi connectivity index (χ0n) is 6.10. The summed E-state index contributed by atoms with van der Waals surface area (Å²) in [6.07, 6.45) is -1.84. The van der Waals surface area contributed by atoms with Crippen LogP contribution in [0.4, 0.5) is 0 Å². The van der Waals surface area contributed by atoms with Crippen LogP contribution in [0.2, 0.25) is 0 Å². The molecule has 10 nitrogen and oxygen atoms in total. The van der Waals surface area contributed by atoms with Gasteiger partial charge in [-0.25, -0.2) is 10.1 Å². The summed E-state index contributed by atoms with van der Waals surface area (Å²) in [5, 5.41) is 29.6. The lowest BCUT2D eigenvalue weighted by atomic mass is 10.1. The minimum atomic E-state index is -1.84. The van der Waals surface area contributed by atoms with Crippen LogP contribution < -0.4 is 0 Å². The van der Waals surface area contributed by atoms with Crippen molar-refractivity contribution in [3.8, 4) is 0 Å². The smallest absolute Gasteiger partial charge is 0.264 e. The molecule has 0 aromatic carbocycles. The van der Waals surface area contributed by atoms with Crippen LogP contribution in [0.25, 0.3) is 0 Å². The first-order chi connectivity index (χ1) is 5.95. The van der Waals surface area contributed by atoms with Gasteiger partial charge in [-0.1, -0.05) is 0 Å². The summed E-state index contributed by atoms with van der Waals surface area (Å²) in [5.74, 6) is 0. The van der Waals surface area contributed by atoms with Crippen molar-refractivity contribution in [2.75, 3.05) is 6.54 Å². The van der Waals surface area contributed by atoms with Crippen LogP contribution in [0.5, 0.6) is 0 Å². The van der Waals surface area contributed by atoms with Crippen molar-refractivity contribution in [1.82, 2.24) is 5.01 Å². The molecule has 10 heteroatoms. The van der Waals surface area contributed by atoms with Gasteiger partial charge >= 0.3 is 12.2 Å². The standard InChI is InChI=1S/C3H4N4O6/c8-5(9)2-1-4(7(12)13)3(2)6(10)11/h2-3H,1H2. The van der Waals surface area contributed by atoms with E-state index in [2.05, 4.69) is 0 Å². The lowest BCUT2D eigenvalue weighted by Gasteiger charge is -2.28. The Morgan fingerprint density at radius 1 is 1.08 bits per heavy atom. The van der Waals surface area contributed by atoms with E-state index in [1.807, 2.05) is 0 Å². The predicted molar refractivity (Wildman–Crippen MR) is 35.3 cm³/mol. The SMILES string of the molecule is O=[N+]([O-])C1CN([N+](=O)[O-])C1[N+](=O)[O-]. The Balaban J connectivity index is 2.74. The molecule has 13 heavy (non-hydrogen) atoms. The molecule has 1 aliphatic rings. The molecule has 1 fully saturated rings. The van der Waals surface area contributed by atoms with Crippen LogP contribution in [-0.4, -0.2) is 38.6 Å². The molecule has 2 unspecified atom stereocenters. The Kier molecular flexibility index (Phi) is 1.96. The summed E-state index contributed by atoms with van der Waals surface area (Å²) in [7, 11) is 0. The molecule has 1 aliphatic heterocycles. The van der Waals surface area contributed by atoms with Crippen LogP contribution >= 0.6 is 0 Å². The van der Waals surface area contributed by atoms with Crippen LogP contribution in [0.3, 0.4) is 0 Å². The highest BCUT2D eigenvalue weighted by Gasteiger charge is 2.63. The van der Waals surface area contributed by atoms with E-state index >= 15 is 0 Å². The molecule has 1 saturated heterocycles. The van der Waals surface area contributed by atoms with Gasteiger partial charge in [-0.3, -0.25) is 20.2 Å². The molecule has 0 bridgehead atoms. The van der Waals surface area contributed by atoms with Gasteiger partial charge in [-0.15, -0.1) is 0 Å². The summed E-state index contributed by atoms with van der Waals surface area (Å²) >= 11 is 0. The van der Waals surface area contributed by atoms with Gasteiger partial charge in [-0.05, 0) is 5.01 Å². The molecule has 1 heterocycles. The Labute approximate surface area is 70.2 Å². The van der Waals surface area contributed by atoms with Crippen LogP contribution in [0.15, 0.2) is 0 Å². The second-order valence-electron chi connectivity index (χ2n) is 2.41. The molecule has 72 valence electrons. The lowest BCUT2D eigenvalue weighted by Crippen LogP contribution is -2.68. The third-order valence-electron chi connectivity index (χ3n) is 1.72. The third kappa shape index (κ3) is 1.32. The second kappa shape index (κ2) is 2.80. The van der Waals surface area contributed by atoms with Gasteiger partial charge in [0.15, 0.2) is 11.6 Å². The number of hydrogen-bond acceptors (Lipinski definition) is 6. The lowest BCUT2D eigenvalue weighted by molar-refractivity contribution is -0.794. The van der Waals surface area contributed by atoms with E-state index in [-0.39, 0.29) is 5.01 Å². The zero-order valence-corrected chi connectivity index (χ0v) is 6.10. The van der Waals surface area contributed by atoms with Crippen molar-refractivity contribution in [2.24, 2.45) is 0 Å². The average Bonchev–Trinajstić information content (AvgIpc) is 1.79. The Hall–Kier alpha value is -2.00. The maximum absolute atomic E-state index is 10.2. The summed E-state index contributed by atoms with van der Waals surface area (Å²) in [5.41, 5.74) is 0. The number of hydrazine groups is 1. The third-order valence-corrected chi connectivity index (χ3v) is 1.72. The number of nitro groups is 3. The summed E-state index contributed by atoms with van der Waals surface area (Å²) < 4.78 is 0. The van der Waals surface area contributed by atoms with E-state index in [4.69, 9.17) is 0 Å². The van der Waals surface area contributed by atoms with Crippen molar-refractivity contribution < 1.29 is 14.9 Å². The van der Waals surface area contributed by atoms with Crippen molar-refractivity contribution in [2.45, 2.75) is 12.2 Å². The first-order valence-corrected chi connectivity index (χ1v) is 3.13. The molecular formula is C3H4N4O6. The maximum Gasteiger partial charge on any atom is 0.403 e. The Bertz CT molecular complexity index is 257. The van der Waals surface area contributed by atoms with Gasteiger partial charge in [0.2, 0.25) is 0 Å². The van der Waals surface area contributed by atoms with E-state index in [0.29, 0.717) is 0 Å². The van der Waals surface area contributed by atoms with Gasteiger partial charge < -0.3 is 0 Å². The minimum Gasteiger partial charge on any atom is -0.264 e. The van der Waals surface area contributed by atoms with Crippen molar-refractivity contribution in [3.63, 3.8) is 0 Å². The highest BCUT2D eigenvalue weighted by Crippen LogP contribution is 2.20. The first-order valence-electron chi connectivity index (χ1n) is 3.13. The summed E-state index contributed by atoms with van der Waals surface area (Å²) in [6.45, 7) is -0.522. The van der Waals surface area contributed by atoms with Crippen LogP contribution in [0.1, 0.15) is 0 Å². The normalized spacial score (nSPS) is 26.3. The summed E-state index contributed by atoms with van der Waals surface area (Å²) in [4.78, 5) is 28.4. The van der Waals surface area contributed by atoms with Crippen molar-refractivity contribution in [3.05, 3.63) is 30.3 Å². The van der Waals surface area contributed by atoms with E-state index in [1.54, 1.807) is 0 Å². The summed E-state index contributed by atoms with van der Waals surface area (Å²) in [6, 6.07) is -1.49. The van der Waals surface area contributed by atoms with E-state index in [1.165, 1.54) is 0 Å². The van der Waals surface area contributed by atoms with Crippen molar-refractivity contribution >= 4 is 0 Å². The fourth-order valence-corrected chi connectivity index (χ4v) is 1.04.